The second-order valence-electron chi connectivity index (χ2n) is 17.6. The van der Waals surface area contributed by atoms with Gasteiger partial charge in [-0.3, -0.25) is 6.08 Å². The van der Waals surface area contributed by atoms with E-state index < -0.39 is 0 Å². The summed E-state index contributed by atoms with van der Waals surface area (Å²) in [6, 6.07) is 28.3. The van der Waals surface area contributed by atoms with Crippen molar-refractivity contribution in [3.63, 3.8) is 0 Å². The van der Waals surface area contributed by atoms with E-state index in [9.17, 15) is 0 Å². The van der Waals surface area contributed by atoms with Gasteiger partial charge in [0, 0.05) is 0 Å². The van der Waals surface area contributed by atoms with Gasteiger partial charge >= 0.3 is 128 Å². The number of allylic oxidation sites excluding steroid dienone is 4. The maximum atomic E-state index is 3.92. The predicted molar refractivity (Wildman–Crippen MR) is 221 cm³/mol. The Morgan fingerprint density at radius 2 is 1.13 bits per heavy atom. The van der Waals surface area contributed by atoms with E-state index in [1.807, 2.05) is 12.2 Å². The number of fused-ring (bicyclic) bond motifs is 3. The Morgan fingerprint density at radius 1 is 0.635 bits per heavy atom. The number of hydrogen-bond acceptors (Lipinski definition) is 0. The summed E-state index contributed by atoms with van der Waals surface area (Å²) in [7, 11) is 0. The molecule has 0 bridgehead atoms. The van der Waals surface area contributed by atoms with Crippen LogP contribution in [0.2, 0.25) is 0 Å². The molecule has 0 fully saturated rings. The first-order valence-corrected chi connectivity index (χ1v) is 20.5. The molecule has 0 heterocycles. The SMILES string of the molecule is Brc1ccc([C](=[Zr+2])c2ccc(Br)cc2)cc1.CC(C)(C)c1cc2c(c(C(C)(C)C)c1)-c1cc(C(C)(C)C)c(C(C)(C)C)[c-]c1C2.[C-]1=CC=CC1.[Cl-].[Cl-]. The van der Waals surface area contributed by atoms with E-state index in [1.165, 1.54) is 83.1 Å². The van der Waals surface area contributed by atoms with Crippen molar-refractivity contribution >= 4 is 35.1 Å². The van der Waals surface area contributed by atoms with Crippen molar-refractivity contribution in [3.05, 3.63) is 151 Å². The fourth-order valence-corrected chi connectivity index (χ4v) is 7.60. The van der Waals surface area contributed by atoms with E-state index in [1.54, 1.807) is 0 Å². The van der Waals surface area contributed by atoms with Gasteiger partial charge in [-0.1, -0.05) is 106 Å². The average molecular weight is 941 g/mol. The molecule has 0 N–H and O–H groups in total. The molecule has 2 aliphatic rings. The van der Waals surface area contributed by atoms with Crippen molar-refractivity contribution in [1.29, 1.82) is 0 Å². The molecular formula is C47H54Br2Cl2Zr-2. The van der Waals surface area contributed by atoms with E-state index in [4.69, 9.17) is 0 Å². The van der Waals surface area contributed by atoms with Crippen molar-refractivity contribution in [2.24, 2.45) is 0 Å². The molecule has 4 aromatic rings. The van der Waals surface area contributed by atoms with Gasteiger partial charge in [-0.2, -0.15) is 23.8 Å². The van der Waals surface area contributed by atoms with Crippen LogP contribution in [0.3, 0.4) is 0 Å². The molecule has 0 saturated carbocycles. The molecule has 4 aromatic carbocycles. The molecule has 0 unspecified atom stereocenters. The van der Waals surface area contributed by atoms with Crippen LogP contribution < -0.4 is 24.8 Å². The first-order chi connectivity index (χ1) is 23.1. The minimum Gasteiger partial charge on any atom is -1.00 e. The molecule has 0 saturated heterocycles. The molecule has 0 nitrogen and oxygen atoms in total. The first-order valence-electron chi connectivity index (χ1n) is 17.7. The summed E-state index contributed by atoms with van der Waals surface area (Å²) in [6.07, 6.45) is 11.0. The third-order valence-corrected chi connectivity index (χ3v) is 11.6. The van der Waals surface area contributed by atoms with Crippen molar-refractivity contribution in [2.75, 3.05) is 0 Å². The molecule has 52 heavy (non-hydrogen) atoms. The van der Waals surface area contributed by atoms with Crippen LogP contribution in [0.4, 0.5) is 0 Å². The zero-order valence-corrected chi connectivity index (χ0v) is 40.2. The van der Waals surface area contributed by atoms with E-state index in [2.05, 4.69) is 200 Å². The minimum absolute atomic E-state index is 0. The van der Waals surface area contributed by atoms with E-state index in [-0.39, 0.29) is 46.5 Å². The summed E-state index contributed by atoms with van der Waals surface area (Å²) in [5.74, 6) is 0. The topological polar surface area (TPSA) is 0 Å². The Kier molecular flexibility index (Phi) is 16.7. The van der Waals surface area contributed by atoms with Gasteiger partial charge in [0.05, 0.1) is 0 Å². The van der Waals surface area contributed by atoms with Gasteiger partial charge in [-0.15, -0.1) is 23.1 Å². The van der Waals surface area contributed by atoms with Gasteiger partial charge < -0.3 is 24.8 Å². The monoisotopic (exact) mass is 936 g/mol. The largest absolute Gasteiger partial charge is 1.00 e. The molecule has 0 amide bonds. The number of halogens is 4. The van der Waals surface area contributed by atoms with Gasteiger partial charge in [0.15, 0.2) is 0 Å². The predicted octanol–water partition coefficient (Wildman–Crippen LogP) is 7.89. The average Bonchev–Trinajstić information content (AvgIpc) is 3.71. The van der Waals surface area contributed by atoms with Crippen LogP contribution in [0.1, 0.15) is 134 Å². The van der Waals surface area contributed by atoms with Gasteiger partial charge in [0.1, 0.15) is 0 Å². The normalized spacial score (nSPS) is 13.1. The Balaban J connectivity index is 0.000000340. The molecule has 2 aliphatic carbocycles. The molecule has 5 heteroatoms. The fraction of sp³-hybridized carbons (Fsp3) is 0.383. The van der Waals surface area contributed by atoms with E-state index in [0.29, 0.717) is 0 Å². The van der Waals surface area contributed by atoms with Gasteiger partial charge in [-0.25, -0.2) is 12.2 Å². The molecule has 0 aromatic heterocycles. The summed E-state index contributed by atoms with van der Waals surface area (Å²) < 4.78 is 3.62. The molecule has 0 spiro atoms. The Bertz CT molecular complexity index is 1830. The third-order valence-electron chi connectivity index (χ3n) is 9.10. The Labute approximate surface area is 360 Å². The number of benzene rings is 4. The van der Waals surface area contributed by atoms with Crippen LogP contribution in [0.15, 0.2) is 93.9 Å². The number of hydrogen-bond donors (Lipinski definition) is 0. The van der Waals surface area contributed by atoms with Crippen molar-refractivity contribution in [1.82, 2.24) is 0 Å². The van der Waals surface area contributed by atoms with Crippen LogP contribution >= 0.6 is 31.9 Å². The maximum absolute atomic E-state index is 3.92. The molecule has 0 aliphatic heterocycles. The Hall–Kier alpha value is -1.35. The summed E-state index contributed by atoms with van der Waals surface area (Å²) >= 11 is 8.34. The van der Waals surface area contributed by atoms with Crippen molar-refractivity contribution in [3.8, 4) is 11.1 Å². The molecule has 0 atom stereocenters. The first kappa shape index (κ1) is 46.8. The van der Waals surface area contributed by atoms with E-state index >= 15 is 0 Å². The van der Waals surface area contributed by atoms with Crippen LogP contribution in [0.25, 0.3) is 11.1 Å². The van der Waals surface area contributed by atoms with Gasteiger partial charge in [-0.05, 0) is 39.4 Å². The van der Waals surface area contributed by atoms with Gasteiger partial charge in [0.2, 0.25) is 0 Å². The third kappa shape index (κ3) is 12.1. The zero-order valence-electron chi connectivity index (χ0n) is 33.0. The quantitative estimate of drug-likeness (QED) is 0.158. The van der Waals surface area contributed by atoms with E-state index in [0.717, 1.165) is 21.8 Å². The van der Waals surface area contributed by atoms with Crippen molar-refractivity contribution in [2.45, 2.75) is 118 Å². The standard InChI is InChI=1S/C29H41.C13H8Br2.C5H5.2ClH.Zr/c1-26(2,3)20-14-19-13-18-15-22(27(4,5)6)23(28(7,8)9)17-21(18)25(19)24(16-20)29(10,11)12;14-12-5-1-10(2-6-12)9-11-3-7-13(15)8-4-11;1-2-4-5-3-1;;;/h14,16-17H,13H2,1-12H3;1-8H;1-3H,4H2;2*1H;/q-1;;-1;;;+2/p-2. The second kappa shape index (κ2) is 18.5. The van der Waals surface area contributed by atoms with Crippen molar-refractivity contribution < 1.29 is 49.0 Å². The molecule has 276 valence electrons. The van der Waals surface area contributed by atoms with Crippen LogP contribution in [-0.4, -0.2) is 3.21 Å². The summed E-state index contributed by atoms with van der Waals surface area (Å²) in [6.45, 7) is 28.0. The maximum Gasteiger partial charge on any atom is -0.0132 e. The minimum atomic E-state index is 0. The second-order valence-corrected chi connectivity index (χ2v) is 20.6. The fourth-order valence-electron chi connectivity index (χ4n) is 6.25. The Morgan fingerprint density at radius 3 is 1.50 bits per heavy atom. The van der Waals surface area contributed by atoms with Crippen LogP contribution in [0, 0.1) is 12.1 Å². The summed E-state index contributed by atoms with van der Waals surface area (Å²) in [4.78, 5) is 0. The zero-order chi connectivity index (χ0) is 37.2. The van der Waals surface area contributed by atoms with Gasteiger partial charge in [0.25, 0.3) is 0 Å². The van der Waals surface area contributed by atoms with Crippen LogP contribution in [-0.2, 0) is 52.3 Å². The molecule has 0 radical (unpaired) electrons. The smallest absolute Gasteiger partial charge is 0.0132 e. The summed E-state index contributed by atoms with van der Waals surface area (Å²) in [5, 5.41) is 0. The summed E-state index contributed by atoms with van der Waals surface area (Å²) in [5.41, 5.74) is 14.6. The number of rotatable bonds is 2. The molecule has 6 rings (SSSR count). The molecular weight excluding hydrogens is 886 g/mol. The van der Waals surface area contributed by atoms with Crippen LogP contribution in [0.5, 0.6) is 0 Å².